The van der Waals surface area contributed by atoms with Crippen LogP contribution in [0.2, 0.25) is 0 Å². The summed E-state index contributed by atoms with van der Waals surface area (Å²) in [5.74, 6) is 1.17. The van der Waals surface area contributed by atoms with Crippen molar-refractivity contribution < 1.29 is 0 Å². The van der Waals surface area contributed by atoms with Gasteiger partial charge >= 0.3 is 0 Å². The Morgan fingerprint density at radius 1 is 1.33 bits per heavy atom. The number of pyridine rings is 1. The molecule has 0 radical (unpaired) electrons. The monoisotopic (exact) mass is 286 g/mol. The number of piperidine rings is 1. The number of nitrogens with two attached hydrogens (primary N) is 1. The van der Waals surface area contributed by atoms with Crippen molar-refractivity contribution in [1.29, 1.82) is 0 Å². The summed E-state index contributed by atoms with van der Waals surface area (Å²) in [4.78, 5) is 7.47. The molecule has 0 saturated carbocycles. The molecule has 2 aromatic rings. The third kappa shape index (κ3) is 2.77. The summed E-state index contributed by atoms with van der Waals surface area (Å²) in [6, 6.07) is 6.85. The molecular weight excluding hydrogens is 260 g/mol. The van der Waals surface area contributed by atoms with E-state index in [1.54, 1.807) is 0 Å². The Balaban J connectivity index is 2.02. The molecule has 1 saturated heterocycles. The predicted molar refractivity (Wildman–Crippen MR) is 87.8 cm³/mol. The summed E-state index contributed by atoms with van der Waals surface area (Å²) in [5.41, 5.74) is 8.16. The Bertz CT molecular complexity index is 587. The second-order valence-corrected chi connectivity index (χ2v) is 5.98. The van der Waals surface area contributed by atoms with Gasteiger partial charge in [-0.3, -0.25) is 0 Å². The van der Waals surface area contributed by atoms with E-state index in [-0.39, 0.29) is 0 Å². The summed E-state index contributed by atoms with van der Waals surface area (Å²) >= 11 is 0. The van der Waals surface area contributed by atoms with Gasteiger partial charge in [0.2, 0.25) is 0 Å². The molecule has 0 spiro atoms. The highest BCUT2D eigenvalue weighted by atomic mass is 15.3. The van der Waals surface area contributed by atoms with Crippen molar-refractivity contribution in [3.05, 3.63) is 30.1 Å². The van der Waals surface area contributed by atoms with E-state index in [2.05, 4.69) is 40.6 Å². The van der Waals surface area contributed by atoms with Gasteiger partial charge in [-0.05, 0) is 44.4 Å². The van der Waals surface area contributed by atoms with Gasteiger partial charge < -0.3 is 15.0 Å². The first-order valence-corrected chi connectivity index (χ1v) is 8.27. The van der Waals surface area contributed by atoms with Gasteiger partial charge in [0.25, 0.3) is 0 Å². The van der Waals surface area contributed by atoms with Crippen LogP contribution >= 0.6 is 0 Å². The summed E-state index contributed by atoms with van der Waals surface area (Å²) in [5, 5.41) is 0. The molecule has 3 rings (SSSR count). The van der Waals surface area contributed by atoms with Gasteiger partial charge in [-0.1, -0.05) is 19.4 Å². The van der Waals surface area contributed by atoms with Crippen LogP contribution in [-0.4, -0.2) is 28.5 Å². The molecule has 1 aliphatic heterocycles. The largest absolute Gasteiger partial charge is 0.352 e. The molecular formula is C17H26N4. The maximum atomic E-state index is 5.84. The summed E-state index contributed by atoms with van der Waals surface area (Å²) in [7, 11) is 0. The van der Waals surface area contributed by atoms with E-state index in [1.807, 2.05) is 0 Å². The van der Waals surface area contributed by atoms with Crippen molar-refractivity contribution in [2.24, 2.45) is 5.73 Å². The van der Waals surface area contributed by atoms with Gasteiger partial charge in [0.1, 0.15) is 5.65 Å². The molecule has 0 bridgehead atoms. The van der Waals surface area contributed by atoms with Crippen LogP contribution in [0.5, 0.6) is 0 Å². The Hall–Kier alpha value is -1.55. The number of nitrogens with zero attached hydrogens (tertiary/aromatic N) is 3. The highest BCUT2D eigenvalue weighted by molar-refractivity contribution is 5.57. The molecule has 0 aromatic carbocycles. The van der Waals surface area contributed by atoms with E-state index in [0.717, 1.165) is 18.6 Å². The molecule has 0 amide bonds. The first-order chi connectivity index (χ1) is 10.3. The van der Waals surface area contributed by atoms with Gasteiger partial charge in [0, 0.05) is 25.2 Å². The zero-order valence-electron chi connectivity index (χ0n) is 13.0. The van der Waals surface area contributed by atoms with E-state index < -0.39 is 0 Å². The van der Waals surface area contributed by atoms with Gasteiger partial charge in [-0.15, -0.1) is 0 Å². The number of rotatable bonds is 5. The standard InChI is InChI=1S/C17H26N4/c1-2-7-14-8-3-5-12-20(14)17-15(10-11-18)21-13-6-4-9-16(21)19-17/h4,6,9,13-14H,2-3,5,7-8,10-12,18H2,1H3. The molecule has 1 aliphatic rings. The van der Waals surface area contributed by atoms with E-state index >= 15 is 0 Å². The second kappa shape index (κ2) is 6.48. The van der Waals surface area contributed by atoms with Crippen molar-refractivity contribution in [3.63, 3.8) is 0 Å². The lowest BCUT2D eigenvalue weighted by atomic mass is 9.98. The van der Waals surface area contributed by atoms with E-state index in [0.29, 0.717) is 12.6 Å². The topological polar surface area (TPSA) is 46.6 Å². The molecule has 1 atom stereocenters. The van der Waals surface area contributed by atoms with Crippen LogP contribution in [0.15, 0.2) is 24.4 Å². The Morgan fingerprint density at radius 3 is 3.05 bits per heavy atom. The van der Waals surface area contributed by atoms with Crippen LogP contribution in [-0.2, 0) is 6.42 Å². The molecule has 4 heteroatoms. The van der Waals surface area contributed by atoms with Crippen LogP contribution in [0, 0.1) is 0 Å². The Kier molecular flexibility index (Phi) is 4.44. The lowest BCUT2D eigenvalue weighted by molar-refractivity contribution is 0.431. The normalized spacial score (nSPS) is 19.3. The molecule has 1 unspecified atom stereocenters. The highest BCUT2D eigenvalue weighted by Gasteiger charge is 2.26. The van der Waals surface area contributed by atoms with Crippen LogP contribution in [0.25, 0.3) is 5.65 Å². The molecule has 1 fully saturated rings. The third-order valence-corrected chi connectivity index (χ3v) is 4.51. The van der Waals surface area contributed by atoms with Crippen molar-refractivity contribution in [2.75, 3.05) is 18.0 Å². The van der Waals surface area contributed by atoms with Crippen molar-refractivity contribution in [3.8, 4) is 0 Å². The number of fused-ring (bicyclic) bond motifs is 1. The van der Waals surface area contributed by atoms with Gasteiger partial charge in [0.15, 0.2) is 5.82 Å². The minimum absolute atomic E-state index is 0.644. The third-order valence-electron chi connectivity index (χ3n) is 4.51. The smallest absolute Gasteiger partial charge is 0.151 e. The number of imidazole rings is 1. The maximum absolute atomic E-state index is 5.84. The van der Waals surface area contributed by atoms with Crippen molar-refractivity contribution >= 4 is 11.5 Å². The fourth-order valence-electron chi connectivity index (χ4n) is 3.55. The number of hydrogen-bond donors (Lipinski definition) is 1. The first kappa shape index (κ1) is 14.4. The fourth-order valence-corrected chi connectivity index (χ4v) is 3.55. The first-order valence-electron chi connectivity index (χ1n) is 8.27. The molecule has 114 valence electrons. The minimum atomic E-state index is 0.644. The predicted octanol–water partition coefficient (Wildman–Crippen LogP) is 2.99. The molecule has 2 aromatic heterocycles. The van der Waals surface area contributed by atoms with Crippen LogP contribution in [0.4, 0.5) is 5.82 Å². The summed E-state index contributed by atoms with van der Waals surface area (Å²) < 4.78 is 2.21. The molecule has 2 N–H and O–H groups in total. The van der Waals surface area contributed by atoms with E-state index in [9.17, 15) is 0 Å². The van der Waals surface area contributed by atoms with Gasteiger partial charge in [0.05, 0.1) is 5.69 Å². The molecule has 4 nitrogen and oxygen atoms in total. The van der Waals surface area contributed by atoms with E-state index in [1.165, 1.54) is 43.6 Å². The SMILES string of the molecule is CCCC1CCCCN1c1nc2ccccn2c1CCN. The van der Waals surface area contributed by atoms with E-state index in [4.69, 9.17) is 10.7 Å². The number of hydrogen-bond acceptors (Lipinski definition) is 3. The molecule has 0 aliphatic carbocycles. The number of anilines is 1. The maximum Gasteiger partial charge on any atom is 0.151 e. The fraction of sp³-hybridized carbons (Fsp3) is 0.588. The average Bonchev–Trinajstić information content (AvgIpc) is 2.88. The zero-order valence-corrected chi connectivity index (χ0v) is 13.0. The lowest BCUT2D eigenvalue weighted by Gasteiger charge is -2.36. The molecule has 21 heavy (non-hydrogen) atoms. The summed E-state index contributed by atoms with van der Waals surface area (Å²) in [6.45, 7) is 4.07. The van der Waals surface area contributed by atoms with Crippen LogP contribution in [0.3, 0.4) is 0 Å². The van der Waals surface area contributed by atoms with Crippen molar-refractivity contribution in [1.82, 2.24) is 9.38 Å². The average molecular weight is 286 g/mol. The lowest BCUT2D eigenvalue weighted by Crippen LogP contribution is -2.40. The minimum Gasteiger partial charge on any atom is -0.352 e. The van der Waals surface area contributed by atoms with Crippen LogP contribution < -0.4 is 10.6 Å². The quantitative estimate of drug-likeness (QED) is 0.919. The Labute approximate surface area is 127 Å². The summed E-state index contributed by atoms with van der Waals surface area (Å²) in [6.07, 6.45) is 9.41. The Morgan fingerprint density at radius 2 is 2.24 bits per heavy atom. The molecule has 3 heterocycles. The van der Waals surface area contributed by atoms with Crippen LogP contribution in [0.1, 0.15) is 44.7 Å². The number of aromatic nitrogens is 2. The zero-order chi connectivity index (χ0) is 14.7. The van der Waals surface area contributed by atoms with Gasteiger partial charge in [-0.2, -0.15) is 0 Å². The van der Waals surface area contributed by atoms with Crippen molar-refractivity contribution in [2.45, 2.75) is 51.5 Å². The second-order valence-electron chi connectivity index (χ2n) is 5.98. The van der Waals surface area contributed by atoms with Gasteiger partial charge in [-0.25, -0.2) is 4.98 Å². The highest BCUT2D eigenvalue weighted by Crippen LogP contribution is 2.30.